The molecule has 31 heteroatoms. The van der Waals surface area contributed by atoms with Gasteiger partial charge in [-0.15, -0.1) is 6.58 Å². The molecule has 118 heavy (non-hydrogen) atoms. The Bertz CT molecular complexity index is 3420. The number of carbonyl (C=O) groups excluding carboxylic acids is 8. The SMILES string of the molecule is C.C=C[C@@H](CO[Si](C)(C)C(C)(C)C)[C@@H](CCO[Si](OC)(c1ccccc1)C(C)(C)C)NC(=O)OC(C)(C)C.CC(C)(C)OC(=O)N[C@@H]1CCNC(=O)C1CO[Si](C)(C)C(C)(C)C.CC(C)(C)OC(=O)N[C@@H]1CCNC(=O)[C@H]1C=O.COC(=O)C(CO[Si](C)(C)C(C)(C)C)[C@@H](CCO[Si](OC)(c1ccccc1)C(C)(C)C)NC(=O)OC(C)(C)C. The highest BCUT2D eigenvalue weighted by Crippen LogP contribution is 2.42. The van der Waals surface area contributed by atoms with E-state index in [-0.39, 0.29) is 81.6 Å². The number of hydrogen-bond donors (Lipinski definition) is 6. The van der Waals surface area contributed by atoms with Crippen LogP contribution in [0.25, 0.3) is 0 Å². The van der Waals surface area contributed by atoms with Crippen molar-refractivity contribution in [1.29, 1.82) is 0 Å². The molecule has 0 aliphatic carbocycles. The second-order valence-electron chi connectivity index (χ2n) is 40.8. The average Bonchev–Trinajstić information content (AvgIpc) is 0.777. The van der Waals surface area contributed by atoms with Crippen LogP contribution in [0.4, 0.5) is 19.2 Å². The molecule has 6 N–H and O–H groups in total. The number of nitrogens with one attached hydrogen (secondary N) is 6. The van der Waals surface area contributed by atoms with Gasteiger partial charge in [-0.05, 0) is 174 Å². The predicted octanol–water partition coefficient (Wildman–Crippen LogP) is 16.7. The van der Waals surface area contributed by atoms with E-state index in [4.69, 9.17) is 54.7 Å². The Morgan fingerprint density at radius 2 is 0.805 bits per heavy atom. The van der Waals surface area contributed by atoms with Crippen molar-refractivity contribution in [3.8, 4) is 0 Å². The fourth-order valence-electron chi connectivity index (χ4n) is 11.8. The molecule has 0 saturated carbocycles. The number of ether oxygens (including phenoxy) is 5. The van der Waals surface area contributed by atoms with Gasteiger partial charge in [-0.1, -0.05) is 178 Å². The zero-order chi connectivity index (χ0) is 90.8. The molecule has 680 valence electrons. The molecule has 2 aromatic rings. The third-order valence-electron chi connectivity index (χ3n) is 21.5. The summed E-state index contributed by atoms with van der Waals surface area (Å²) >= 11 is 0. The van der Waals surface area contributed by atoms with E-state index in [1.54, 1.807) is 55.8 Å². The molecule has 10 atom stereocenters. The molecule has 26 nitrogen and oxygen atoms in total. The van der Waals surface area contributed by atoms with Crippen LogP contribution in [0.2, 0.25) is 64.5 Å². The van der Waals surface area contributed by atoms with Crippen LogP contribution in [0.1, 0.15) is 220 Å². The van der Waals surface area contributed by atoms with Crippen LogP contribution in [0, 0.1) is 23.7 Å². The molecule has 0 bridgehead atoms. The monoisotopic (exact) mass is 1750 g/mol. The highest BCUT2D eigenvalue weighted by atomic mass is 28.4. The summed E-state index contributed by atoms with van der Waals surface area (Å²) in [7, 11) is -7.07. The van der Waals surface area contributed by atoms with Crippen LogP contribution >= 0.6 is 0 Å². The summed E-state index contributed by atoms with van der Waals surface area (Å²) in [5, 5.41) is 18.6. The number of methoxy groups -OCH3 is 1. The molecule has 2 fully saturated rings. The number of amides is 6. The number of esters is 1. The van der Waals surface area contributed by atoms with Gasteiger partial charge in [0.25, 0.3) is 0 Å². The largest absolute Gasteiger partial charge is 0.469 e. The lowest BCUT2D eigenvalue weighted by Crippen LogP contribution is -2.60. The molecule has 0 aromatic heterocycles. The van der Waals surface area contributed by atoms with Crippen LogP contribution in [-0.4, -0.2) is 205 Å². The van der Waals surface area contributed by atoms with Crippen LogP contribution in [0.5, 0.6) is 0 Å². The third-order valence-corrected chi connectivity index (χ3v) is 43.5. The van der Waals surface area contributed by atoms with Crippen molar-refractivity contribution < 1.29 is 93.0 Å². The van der Waals surface area contributed by atoms with Crippen molar-refractivity contribution in [1.82, 2.24) is 31.9 Å². The van der Waals surface area contributed by atoms with Crippen molar-refractivity contribution in [2.75, 3.05) is 67.5 Å². The van der Waals surface area contributed by atoms with Crippen molar-refractivity contribution in [3.05, 3.63) is 73.3 Å². The zero-order valence-electron chi connectivity index (χ0n) is 78.7. The van der Waals surface area contributed by atoms with E-state index in [9.17, 15) is 38.4 Å². The summed E-state index contributed by atoms with van der Waals surface area (Å²) in [4.78, 5) is 96.7. The lowest BCUT2D eigenvalue weighted by molar-refractivity contribution is -0.148. The Hall–Kier alpha value is -5.86. The quantitative estimate of drug-likeness (QED) is 0.0106. The number of alkyl carbamates (subject to hydrolysis) is 4. The van der Waals surface area contributed by atoms with Crippen LogP contribution in [-0.2, 0) is 73.8 Å². The highest BCUT2D eigenvalue weighted by molar-refractivity contribution is 6.84. The van der Waals surface area contributed by atoms with E-state index in [2.05, 4.69) is 194 Å². The summed E-state index contributed by atoms with van der Waals surface area (Å²) in [5.74, 6) is -2.95. The molecule has 2 aromatic carbocycles. The van der Waals surface area contributed by atoms with Gasteiger partial charge in [0, 0.05) is 94.5 Å². The van der Waals surface area contributed by atoms with Gasteiger partial charge < -0.3 is 91.4 Å². The van der Waals surface area contributed by atoms with Gasteiger partial charge in [-0.25, -0.2) is 19.2 Å². The molecule has 0 radical (unpaired) electrons. The average molecular weight is 1750 g/mol. The Balaban J connectivity index is 0.00000161. The fraction of sp³-hybridized carbons (Fsp3) is 0.747. The number of aldehydes is 1. The molecule has 2 saturated heterocycles. The minimum Gasteiger partial charge on any atom is -0.469 e. The maximum atomic E-state index is 13.0. The lowest BCUT2D eigenvalue weighted by atomic mass is 9.93. The van der Waals surface area contributed by atoms with Gasteiger partial charge in [-0.2, -0.15) is 0 Å². The molecule has 2 aliphatic heterocycles. The first-order valence-electron chi connectivity index (χ1n) is 41.2. The number of hydrogen-bond acceptors (Lipinski definition) is 20. The topological polar surface area (TPSA) is 319 Å². The minimum atomic E-state index is -2.92. The van der Waals surface area contributed by atoms with Gasteiger partial charge in [-0.3, -0.25) is 14.4 Å². The predicted molar refractivity (Wildman–Crippen MR) is 485 cm³/mol. The Morgan fingerprint density at radius 3 is 1.15 bits per heavy atom. The maximum absolute atomic E-state index is 13.0. The lowest BCUT2D eigenvalue weighted by Gasteiger charge is -2.41. The normalized spacial score (nSPS) is 18.7. The number of rotatable bonds is 30. The molecule has 4 rings (SSSR count). The van der Waals surface area contributed by atoms with Crippen LogP contribution < -0.4 is 42.3 Å². The molecule has 2 heterocycles. The zero-order valence-corrected chi connectivity index (χ0v) is 83.7. The molecule has 2 aliphatic rings. The van der Waals surface area contributed by atoms with Crippen molar-refractivity contribution in [2.24, 2.45) is 23.7 Å². The molecule has 0 spiro atoms. The van der Waals surface area contributed by atoms with Crippen LogP contribution in [0.15, 0.2) is 73.3 Å². The summed E-state index contributed by atoms with van der Waals surface area (Å²) < 4.78 is 71.5. The summed E-state index contributed by atoms with van der Waals surface area (Å²) in [6, 6.07) is 18.5. The van der Waals surface area contributed by atoms with Gasteiger partial charge in [0.1, 0.15) is 34.6 Å². The Labute approximate surface area is 717 Å². The number of carbonyl (C=O) groups is 8. The van der Waals surface area contributed by atoms with E-state index in [0.717, 1.165) is 10.4 Å². The van der Waals surface area contributed by atoms with Crippen LogP contribution in [0.3, 0.4) is 0 Å². The Morgan fingerprint density at radius 1 is 0.466 bits per heavy atom. The molecule has 4 unspecified atom stereocenters. The maximum Gasteiger partial charge on any atom is 0.407 e. The van der Waals surface area contributed by atoms with Gasteiger partial charge in [0.2, 0.25) is 11.8 Å². The summed E-state index contributed by atoms with van der Waals surface area (Å²) in [6.45, 7) is 73.7. The second kappa shape index (κ2) is 46.6. The van der Waals surface area contributed by atoms with E-state index in [1.807, 2.05) is 96.1 Å². The summed E-state index contributed by atoms with van der Waals surface area (Å²) in [5.41, 5.74) is -2.45. The Kier molecular flexibility index (Phi) is 44.3. The van der Waals surface area contributed by atoms with Crippen molar-refractivity contribution >= 4 is 101 Å². The molecular formula is C87H162N6O20Si5. The first-order valence-corrected chi connectivity index (χ1v) is 53.5. The van der Waals surface area contributed by atoms with Gasteiger partial charge in [0.15, 0.2) is 25.0 Å². The third kappa shape index (κ3) is 37.5. The van der Waals surface area contributed by atoms with E-state index in [0.29, 0.717) is 64.9 Å². The second-order valence-corrected chi connectivity index (χ2v) is 63.3. The summed E-state index contributed by atoms with van der Waals surface area (Å²) in [6.07, 6.45) is 2.37. The first kappa shape index (κ1) is 112. The number of piperidine rings is 2. The van der Waals surface area contributed by atoms with Gasteiger partial charge >= 0.3 is 47.5 Å². The minimum absolute atomic E-state index is 0. The molecule has 6 amide bonds. The van der Waals surface area contributed by atoms with Gasteiger partial charge in [0.05, 0.1) is 25.0 Å². The van der Waals surface area contributed by atoms with E-state index in [1.165, 1.54) is 7.11 Å². The number of benzene rings is 2. The fourth-order valence-corrected chi connectivity index (χ4v) is 21.8. The standard InChI is InChI=1S/C29H53NO7Si2.C29H53NO5Si2.C17H34N2O4Si.C11H18N2O4.CH4/c1-27(2,3)37-26(32)30-24(23(25(31)33-10)21-36-38(12,13)28(4,5)6)19-20-35-39(34-11,29(7,8)9)22-17-15-14-16-18-22;1-14-23(22-34-36(12,13)28(5,6)7)25(30-26(31)35-27(2,3)4)20-21-33-37(32-11,29(8,9)10)24-18-16-15-17-19-24;1-16(2,3)23-15(21)19-13-9-10-18-14(20)12(13)11-22-24(7,8)17(4,5)6;1-11(2,3)17-10(16)13-8-4-5-12-9(15)7(8)6-14;/h14-18,23-24H,19-21H2,1-13H3,(H,30,32);14-19,23,25H,1,20-22H2,2-13H3,(H,30,31);12-13H,9-11H2,1-8H3,(H,18,20)(H,19,21);6-8H,4-5H2,1-3H3,(H,12,15)(H,13,16);1H4/t23?,24-,39?;23-,25+,37?;12?,13-;7-,8+;/m1010./s1. The first-order chi connectivity index (χ1) is 53.1. The van der Waals surface area contributed by atoms with E-state index < -0.39 is 119 Å². The van der Waals surface area contributed by atoms with Crippen molar-refractivity contribution in [3.63, 3.8) is 0 Å². The smallest absolute Gasteiger partial charge is 0.407 e. The van der Waals surface area contributed by atoms with Crippen molar-refractivity contribution in [2.45, 2.75) is 331 Å². The highest BCUT2D eigenvalue weighted by Gasteiger charge is 2.53. The van der Waals surface area contributed by atoms with E-state index >= 15 is 0 Å². The molecular weight excluding hydrogens is 1590 g/mol.